The number of amides is 7. The van der Waals surface area contributed by atoms with Gasteiger partial charge in [0.15, 0.2) is 0 Å². The van der Waals surface area contributed by atoms with Crippen molar-refractivity contribution in [2.75, 3.05) is 19.6 Å². The van der Waals surface area contributed by atoms with Gasteiger partial charge in [-0.05, 0) is 64.5 Å². The molecular formula is C28H47N9O11. The molecular weight excluding hydrogens is 638 g/mol. The summed E-state index contributed by atoms with van der Waals surface area (Å²) in [5, 5.41) is 33.3. The van der Waals surface area contributed by atoms with E-state index in [0.717, 1.165) is 6.42 Å². The molecule has 20 heteroatoms. The molecule has 1 aliphatic rings. The number of carbonyl (C=O) groups is 9. The van der Waals surface area contributed by atoms with Gasteiger partial charge in [0, 0.05) is 19.3 Å². The number of unbranched alkanes of at least 4 members (excludes halogenated alkanes) is 1. The number of carboxylic acids is 2. The lowest BCUT2D eigenvalue weighted by Gasteiger charge is -2.26. The first-order valence-corrected chi connectivity index (χ1v) is 15.6. The molecule has 7 amide bonds. The third kappa shape index (κ3) is 16.6. The number of carboxylic acid groups (broad SMARTS) is 2. The number of nitrogens with two attached hydrogens (primary N) is 3. The maximum Gasteiger partial charge on any atom is 0.326 e. The summed E-state index contributed by atoms with van der Waals surface area (Å²) in [7, 11) is 0. The molecule has 5 atom stereocenters. The van der Waals surface area contributed by atoms with Crippen LogP contribution in [-0.2, 0) is 43.2 Å². The quantitative estimate of drug-likeness (QED) is 0.0427. The predicted octanol–water partition coefficient (Wildman–Crippen LogP) is -4.60. The van der Waals surface area contributed by atoms with Crippen molar-refractivity contribution in [2.45, 2.75) is 101 Å². The maximum atomic E-state index is 13.4. The summed E-state index contributed by atoms with van der Waals surface area (Å²) in [6.45, 7) is 0.409. The van der Waals surface area contributed by atoms with Gasteiger partial charge in [-0.2, -0.15) is 0 Å². The van der Waals surface area contributed by atoms with Crippen molar-refractivity contribution in [1.29, 1.82) is 0 Å². The summed E-state index contributed by atoms with van der Waals surface area (Å²) in [6, 6.07) is -6.40. The van der Waals surface area contributed by atoms with Gasteiger partial charge in [0.1, 0.15) is 24.2 Å². The van der Waals surface area contributed by atoms with E-state index in [0.29, 0.717) is 32.4 Å². The number of carbonyl (C=O) groups excluding carboxylic acids is 7. The number of primary amides is 2. The molecule has 0 saturated carbocycles. The second kappa shape index (κ2) is 21.9. The van der Waals surface area contributed by atoms with Crippen molar-refractivity contribution in [2.24, 2.45) is 17.2 Å². The first kappa shape index (κ1) is 41.2. The third-order valence-corrected chi connectivity index (χ3v) is 7.28. The zero-order chi connectivity index (χ0) is 36.2. The van der Waals surface area contributed by atoms with E-state index < -0.39 is 122 Å². The summed E-state index contributed by atoms with van der Waals surface area (Å²) in [5.74, 6) is -8.61. The number of aliphatic carboxylic acids is 2. The highest BCUT2D eigenvalue weighted by molar-refractivity contribution is 5.96. The minimum Gasteiger partial charge on any atom is -0.481 e. The molecule has 0 unspecified atom stereocenters. The van der Waals surface area contributed by atoms with Crippen LogP contribution in [0, 0.1) is 0 Å². The van der Waals surface area contributed by atoms with Gasteiger partial charge in [0.2, 0.25) is 41.4 Å². The molecule has 1 rings (SSSR count). The molecule has 0 aliphatic carbocycles. The highest BCUT2D eigenvalue weighted by Gasteiger charge is 2.32. The van der Waals surface area contributed by atoms with Gasteiger partial charge in [-0.15, -0.1) is 0 Å². The van der Waals surface area contributed by atoms with E-state index in [2.05, 4.69) is 31.9 Å². The van der Waals surface area contributed by atoms with Gasteiger partial charge in [-0.25, -0.2) is 4.79 Å². The predicted molar refractivity (Wildman–Crippen MR) is 166 cm³/mol. The topological polar surface area (TPSA) is 344 Å². The Morgan fingerprint density at radius 2 is 1.19 bits per heavy atom. The normalized spacial score (nSPS) is 16.3. The fourth-order valence-electron chi connectivity index (χ4n) is 4.66. The molecule has 0 aromatic heterocycles. The largest absolute Gasteiger partial charge is 0.481 e. The zero-order valence-electron chi connectivity index (χ0n) is 26.6. The Hall–Kier alpha value is -4.85. The monoisotopic (exact) mass is 685 g/mol. The van der Waals surface area contributed by atoms with Crippen LogP contribution in [0.1, 0.15) is 70.6 Å². The average Bonchev–Trinajstić information content (AvgIpc) is 3.56. The molecule has 20 nitrogen and oxygen atoms in total. The van der Waals surface area contributed by atoms with Crippen LogP contribution in [0.25, 0.3) is 0 Å². The van der Waals surface area contributed by atoms with Gasteiger partial charge >= 0.3 is 11.9 Å². The number of nitrogens with one attached hydrogen (secondary N) is 6. The van der Waals surface area contributed by atoms with Crippen molar-refractivity contribution in [3.8, 4) is 0 Å². The molecule has 48 heavy (non-hydrogen) atoms. The van der Waals surface area contributed by atoms with Crippen LogP contribution < -0.4 is 49.1 Å². The SMILES string of the molecule is NCCCC[C@H](NC(=O)[C@H](CCC(N)=O)NC(=O)[C@H](CCC(N)=O)NC(=O)[C@H](CCC(=O)O)NC(=O)CNC(=O)[C@@H]1CCCN1)C(=O)O. The standard InChI is InChI=1S/C28H47N9O11/c29-12-2-1-4-19(28(47)48)37-27(46)18(7-10-21(31)39)36-26(45)17(6-9-20(30)38)35-25(44)16(8-11-23(41)42)34-22(40)14-33-24(43)15-5-3-13-32-15/h15-19,32H,1-14,29H2,(H2,30,38)(H2,31,39)(H,33,43)(H,34,40)(H,35,44)(H,36,45)(H,37,46)(H,41,42)(H,47,48)/t15-,16-,17-,18-,19-/m0/s1. The molecule has 0 aromatic carbocycles. The second-order valence-corrected chi connectivity index (χ2v) is 11.2. The van der Waals surface area contributed by atoms with Crippen LogP contribution in [-0.4, -0.2) is 113 Å². The van der Waals surface area contributed by atoms with Gasteiger partial charge in [0.25, 0.3) is 0 Å². The number of hydrogen-bond donors (Lipinski definition) is 11. The van der Waals surface area contributed by atoms with Gasteiger partial charge < -0.3 is 59.3 Å². The summed E-state index contributed by atoms with van der Waals surface area (Å²) >= 11 is 0. The van der Waals surface area contributed by atoms with Crippen molar-refractivity contribution >= 4 is 53.3 Å². The Labute approximate surface area is 276 Å². The van der Waals surface area contributed by atoms with Crippen LogP contribution in [0.4, 0.5) is 0 Å². The highest BCUT2D eigenvalue weighted by atomic mass is 16.4. The minimum atomic E-state index is -1.56. The van der Waals surface area contributed by atoms with Crippen molar-refractivity contribution in [1.82, 2.24) is 31.9 Å². The highest BCUT2D eigenvalue weighted by Crippen LogP contribution is 2.08. The van der Waals surface area contributed by atoms with E-state index in [1.54, 1.807) is 0 Å². The molecule has 0 spiro atoms. The number of rotatable bonds is 24. The molecule has 1 saturated heterocycles. The summed E-state index contributed by atoms with van der Waals surface area (Å²) in [6.07, 6.45) is -0.302. The molecule has 270 valence electrons. The van der Waals surface area contributed by atoms with Crippen LogP contribution >= 0.6 is 0 Å². The Balaban J connectivity index is 3.10. The fourth-order valence-corrected chi connectivity index (χ4v) is 4.66. The van der Waals surface area contributed by atoms with Crippen LogP contribution in [0.2, 0.25) is 0 Å². The first-order chi connectivity index (χ1) is 22.6. The van der Waals surface area contributed by atoms with Crippen LogP contribution in [0.3, 0.4) is 0 Å². The average molecular weight is 686 g/mol. The van der Waals surface area contributed by atoms with Crippen LogP contribution in [0.15, 0.2) is 0 Å². The Kier molecular flexibility index (Phi) is 18.7. The van der Waals surface area contributed by atoms with E-state index in [9.17, 15) is 48.3 Å². The lowest BCUT2D eigenvalue weighted by atomic mass is 10.0. The van der Waals surface area contributed by atoms with Crippen LogP contribution in [0.5, 0.6) is 0 Å². The summed E-state index contributed by atoms with van der Waals surface area (Å²) in [5.41, 5.74) is 15.9. The molecule has 0 aromatic rings. The molecule has 0 radical (unpaired) electrons. The molecule has 14 N–H and O–H groups in total. The Morgan fingerprint density at radius 1 is 0.688 bits per heavy atom. The molecule has 1 aliphatic heterocycles. The van der Waals surface area contributed by atoms with E-state index >= 15 is 0 Å². The first-order valence-electron chi connectivity index (χ1n) is 15.6. The summed E-state index contributed by atoms with van der Waals surface area (Å²) in [4.78, 5) is 110. The van der Waals surface area contributed by atoms with Gasteiger partial charge in [0.05, 0.1) is 12.6 Å². The van der Waals surface area contributed by atoms with Crippen molar-refractivity contribution < 1.29 is 53.4 Å². The lowest BCUT2D eigenvalue weighted by Crippen LogP contribution is -2.58. The van der Waals surface area contributed by atoms with E-state index in [-0.39, 0.29) is 12.8 Å². The van der Waals surface area contributed by atoms with E-state index in [1.807, 2.05) is 0 Å². The van der Waals surface area contributed by atoms with E-state index in [1.165, 1.54) is 0 Å². The Morgan fingerprint density at radius 3 is 1.62 bits per heavy atom. The fraction of sp³-hybridized carbons (Fsp3) is 0.679. The minimum absolute atomic E-state index is 0.0245. The number of hydrogen-bond acceptors (Lipinski definition) is 11. The lowest BCUT2D eigenvalue weighted by molar-refractivity contribution is -0.142. The van der Waals surface area contributed by atoms with Gasteiger partial charge in [-0.1, -0.05) is 0 Å². The molecule has 1 fully saturated rings. The summed E-state index contributed by atoms with van der Waals surface area (Å²) < 4.78 is 0. The zero-order valence-corrected chi connectivity index (χ0v) is 26.6. The van der Waals surface area contributed by atoms with Crippen molar-refractivity contribution in [3.63, 3.8) is 0 Å². The third-order valence-electron chi connectivity index (χ3n) is 7.28. The maximum absolute atomic E-state index is 13.4. The molecule has 0 bridgehead atoms. The van der Waals surface area contributed by atoms with Gasteiger partial charge in [-0.3, -0.25) is 38.4 Å². The molecule has 1 heterocycles. The van der Waals surface area contributed by atoms with E-state index in [4.69, 9.17) is 22.3 Å². The smallest absolute Gasteiger partial charge is 0.326 e. The second-order valence-electron chi connectivity index (χ2n) is 11.2. The van der Waals surface area contributed by atoms with Crippen molar-refractivity contribution in [3.05, 3.63) is 0 Å². The Bertz CT molecular complexity index is 1180.